The number of carbonyl (C=O) groups excluding carboxylic acids is 2. The summed E-state index contributed by atoms with van der Waals surface area (Å²) in [5, 5.41) is 0.578. The van der Waals surface area contributed by atoms with Gasteiger partial charge in [-0.3, -0.25) is 9.59 Å². The fraction of sp³-hybridized carbons (Fsp3) is 0.360. The Kier molecular flexibility index (Phi) is 7.29. The molecule has 0 aliphatic carbocycles. The second kappa shape index (κ2) is 10.4. The van der Waals surface area contributed by atoms with Gasteiger partial charge in [-0.2, -0.15) is 0 Å². The number of rotatable bonds is 7. The predicted molar refractivity (Wildman–Crippen MR) is 126 cm³/mol. The molecule has 2 aliphatic heterocycles. The van der Waals surface area contributed by atoms with E-state index in [2.05, 4.69) is 0 Å². The van der Waals surface area contributed by atoms with E-state index in [4.69, 9.17) is 35.3 Å². The molecule has 2 heterocycles. The number of morpholine rings is 1. The van der Waals surface area contributed by atoms with Crippen molar-refractivity contribution in [3.63, 3.8) is 0 Å². The van der Waals surface area contributed by atoms with Gasteiger partial charge in [-0.1, -0.05) is 11.6 Å². The second-order valence-corrected chi connectivity index (χ2v) is 8.37. The van der Waals surface area contributed by atoms with Gasteiger partial charge in [0.05, 0.1) is 38.5 Å². The Morgan fingerprint density at radius 1 is 1.15 bits per heavy atom. The first-order valence-corrected chi connectivity index (χ1v) is 11.2. The van der Waals surface area contributed by atoms with Gasteiger partial charge in [0.1, 0.15) is 25.1 Å². The minimum Gasteiger partial charge on any atom is -0.493 e. The fourth-order valence-corrected chi connectivity index (χ4v) is 4.16. The minimum atomic E-state index is -0.389. The van der Waals surface area contributed by atoms with Gasteiger partial charge in [0, 0.05) is 17.1 Å². The van der Waals surface area contributed by atoms with E-state index in [0.29, 0.717) is 58.9 Å². The molecule has 34 heavy (non-hydrogen) atoms. The maximum atomic E-state index is 13.2. The Morgan fingerprint density at radius 3 is 2.71 bits per heavy atom. The predicted octanol–water partition coefficient (Wildman–Crippen LogP) is 3.64. The van der Waals surface area contributed by atoms with Crippen LogP contribution >= 0.6 is 11.6 Å². The van der Waals surface area contributed by atoms with Crippen molar-refractivity contribution in [1.29, 1.82) is 0 Å². The van der Waals surface area contributed by atoms with Crippen LogP contribution in [0.5, 0.6) is 23.0 Å². The standard InChI is InChI=1S/C25H26ClNO7/c1-15(28)20-5-7-22(30-2)24(31-3)23(20)34-14-19-12-27(8-9-32-19)25(29)17-10-16-11-18(26)4-6-21(16)33-13-17/h4-7,10-11,19H,8-9,12-14H2,1-3H3. The third-order valence-electron chi connectivity index (χ3n) is 5.68. The number of ether oxygens (including phenoxy) is 5. The fourth-order valence-electron chi connectivity index (χ4n) is 3.98. The number of amides is 1. The summed E-state index contributed by atoms with van der Waals surface area (Å²) >= 11 is 6.08. The highest BCUT2D eigenvalue weighted by molar-refractivity contribution is 6.30. The van der Waals surface area contributed by atoms with E-state index in [1.165, 1.54) is 21.1 Å². The lowest BCUT2D eigenvalue weighted by Crippen LogP contribution is -2.48. The first-order chi connectivity index (χ1) is 16.4. The van der Waals surface area contributed by atoms with Crippen LogP contribution < -0.4 is 18.9 Å². The first kappa shape index (κ1) is 23.9. The van der Waals surface area contributed by atoms with Gasteiger partial charge in [-0.25, -0.2) is 0 Å². The average molecular weight is 488 g/mol. The van der Waals surface area contributed by atoms with Crippen LogP contribution in [0.15, 0.2) is 35.9 Å². The maximum absolute atomic E-state index is 13.2. The van der Waals surface area contributed by atoms with Crippen molar-refractivity contribution in [2.45, 2.75) is 13.0 Å². The average Bonchev–Trinajstić information content (AvgIpc) is 2.85. The van der Waals surface area contributed by atoms with Crippen LogP contribution in [0.2, 0.25) is 5.02 Å². The Labute approximate surface area is 202 Å². The van der Waals surface area contributed by atoms with Crippen LogP contribution in [-0.2, 0) is 9.53 Å². The molecule has 9 heteroatoms. The first-order valence-electron chi connectivity index (χ1n) is 10.8. The molecule has 2 aromatic carbocycles. The number of methoxy groups -OCH3 is 2. The van der Waals surface area contributed by atoms with Gasteiger partial charge in [-0.05, 0) is 43.3 Å². The summed E-state index contributed by atoms with van der Waals surface area (Å²) in [4.78, 5) is 27.0. The SMILES string of the molecule is COc1ccc(C(C)=O)c(OCC2CN(C(=O)C3=Cc4cc(Cl)ccc4OC3)CCO2)c1OC. The summed E-state index contributed by atoms with van der Waals surface area (Å²) in [6.45, 7) is 2.93. The maximum Gasteiger partial charge on any atom is 0.253 e. The van der Waals surface area contributed by atoms with Gasteiger partial charge >= 0.3 is 0 Å². The lowest BCUT2D eigenvalue weighted by molar-refractivity contribution is -0.136. The molecule has 1 fully saturated rings. The molecule has 0 radical (unpaired) electrons. The molecule has 2 aromatic rings. The molecule has 0 bridgehead atoms. The topological polar surface area (TPSA) is 83.5 Å². The third kappa shape index (κ3) is 4.98. The van der Waals surface area contributed by atoms with Gasteiger partial charge in [0.2, 0.25) is 5.75 Å². The van der Waals surface area contributed by atoms with Gasteiger partial charge in [0.15, 0.2) is 17.3 Å². The van der Waals surface area contributed by atoms with Crippen molar-refractivity contribution in [3.05, 3.63) is 52.1 Å². The molecular formula is C25H26ClNO7. The van der Waals surface area contributed by atoms with Crippen LogP contribution in [0.4, 0.5) is 0 Å². The van der Waals surface area contributed by atoms with Crippen molar-refractivity contribution in [1.82, 2.24) is 4.90 Å². The smallest absolute Gasteiger partial charge is 0.253 e. The summed E-state index contributed by atoms with van der Waals surface area (Å²) in [6, 6.07) is 8.61. The Bertz CT molecular complexity index is 1130. The molecule has 2 aliphatic rings. The van der Waals surface area contributed by atoms with E-state index in [1.807, 2.05) is 6.08 Å². The van der Waals surface area contributed by atoms with E-state index in [1.54, 1.807) is 35.2 Å². The second-order valence-electron chi connectivity index (χ2n) is 7.93. The molecule has 0 spiro atoms. The van der Waals surface area contributed by atoms with Crippen molar-refractivity contribution >= 4 is 29.4 Å². The molecule has 1 atom stereocenters. The molecule has 0 saturated carbocycles. The molecule has 1 unspecified atom stereocenters. The van der Waals surface area contributed by atoms with E-state index >= 15 is 0 Å². The summed E-state index contributed by atoms with van der Waals surface area (Å²) in [7, 11) is 3.00. The van der Waals surface area contributed by atoms with Crippen LogP contribution in [0.1, 0.15) is 22.8 Å². The summed E-state index contributed by atoms with van der Waals surface area (Å²) in [5.74, 6) is 1.49. The number of fused-ring (bicyclic) bond motifs is 1. The zero-order valence-electron chi connectivity index (χ0n) is 19.3. The van der Waals surface area contributed by atoms with E-state index in [-0.39, 0.29) is 31.0 Å². The quantitative estimate of drug-likeness (QED) is 0.551. The Balaban J connectivity index is 1.46. The minimum absolute atomic E-state index is 0.123. The van der Waals surface area contributed by atoms with Gasteiger partial charge < -0.3 is 28.6 Å². The highest BCUT2D eigenvalue weighted by atomic mass is 35.5. The van der Waals surface area contributed by atoms with E-state index in [9.17, 15) is 9.59 Å². The number of Topliss-reactive ketones (excluding diaryl/α,β-unsaturated/α-hetero) is 1. The zero-order chi connectivity index (χ0) is 24.2. The number of ketones is 1. The van der Waals surface area contributed by atoms with Gasteiger partial charge in [0.25, 0.3) is 5.91 Å². The zero-order valence-corrected chi connectivity index (χ0v) is 20.0. The summed E-state index contributed by atoms with van der Waals surface area (Å²) < 4.78 is 28.3. The number of nitrogens with zero attached hydrogens (tertiary/aromatic N) is 1. The number of carbonyl (C=O) groups is 2. The Morgan fingerprint density at radius 2 is 1.97 bits per heavy atom. The number of hydrogen-bond donors (Lipinski definition) is 0. The summed E-state index contributed by atoms with van der Waals surface area (Å²) in [5.41, 5.74) is 1.70. The number of benzene rings is 2. The highest BCUT2D eigenvalue weighted by Crippen LogP contribution is 2.40. The molecule has 180 valence electrons. The molecule has 4 rings (SSSR count). The van der Waals surface area contributed by atoms with Crippen LogP contribution in [0, 0.1) is 0 Å². The van der Waals surface area contributed by atoms with Crippen LogP contribution in [0.3, 0.4) is 0 Å². The van der Waals surface area contributed by atoms with Gasteiger partial charge in [-0.15, -0.1) is 0 Å². The summed E-state index contributed by atoms with van der Waals surface area (Å²) in [6.07, 6.45) is 1.43. The van der Waals surface area contributed by atoms with Crippen molar-refractivity contribution in [2.75, 3.05) is 47.1 Å². The monoisotopic (exact) mass is 487 g/mol. The largest absolute Gasteiger partial charge is 0.493 e. The third-order valence-corrected chi connectivity index (χ3v) is 5.91. The number of hydrogen-bond acceptors (Lipinski definition) is 7. The normalized spacial score (nSPS) is 17.2. The van der Waals surface area contributed by atoms with Crippen LogP contribution in [-0.4, -0.2) is 69.8 Å². The van der Waals surface area contributed by atoms with Crippen LogP contribution in [0.25, 0.3) is 6.08 Å². The van der Waals surface area contributed by atoms with E-state index in [0.717, 1.165) is 5.56 Å². The Hall–Kier alpha value is -3.23. The molecular weight excluding hydrogens is 462 g/mol. The van der Waals surface area contributed by atoms with Crippen molar-refractivity contribution in [3.8, 4) is 23.0 Å². The van der Waals surface area contributed by atoms with E-state index < -0.39 is 0 Å². The highest BCUT2D eigenvalue weighted by Gasteiger charge is 2.29. The lowest BCUT2D eigenvalue weighted by atomic mass is 10.1. The molecule has 8 nitrogen and oxygen atoms in total. The number of halogens is 1. The van der Waals surface area contributed by atoms with Crippen molar-refractivity contribution in [2.24, 2.45) is 0 Å². The molecule has 1 saturated heterocycles. The molecule has 0 N–H and O–H groups in total. The lowest BCUT2D eigenvalue weighted by Gasteiger charge is -2.34. The molecule has 1 amide bonds. The van der Waals surface area contributed by atoms with Crippen molar-refractivity contribution < 1.29 is 33.3 Å². The molecule has 0 aromatic heterocycles.